The summed E-state index contributed by atoms with van der Waals surface area (Å²) in [6.07, 6.45) is 0. The summed E-state index contributed by atoms with van der Waals surface area (Å²) in [7, 11) is -1.12. The van der Waals surface area contributed by atoms with E-state index in [2.05, 4.69) is 20.8 Å². The molecule has 3 nitrogen and oxygen atoms in total. The zero-order chi connectivity index (χ0) is 11.6. The van der Waals surface area contributed by atoms with Crippen LogP contribution in [0.3, 0.4) is 0 Å². The topological polar surface area (TPSA) is 43.4 Å². The van der Waals surface area contributed by atoms with Crippen molar-refractivity contribution in [3.8, 4) is 5.75 Å². The van der Waals surface area contributed by atoms with Crippen molar-refractivity contribution in [1.29, 1.82) is 0 Å². The molecule has 0 aliphatic heterocycles. The Balaban J connectivity index is 3.31. The van der Waals surface area contributed by atoms with Crippen molar-refractivity contribution >= 4 is 10.7 Å². The minimum Gasteiger partial charge on any atom is -0.495 e. The van der Waals surface area contributed by atoms with Crippen LogP contribution in [-0.4, -0.2) is 15.5 Å². The summed E-state index contributed by atoms with van der Waals surface area (Å²) < 4.78 is 26.9. The Bertz CT molecular complexity index is 420. The van der Waals surface area contributed by atoms with Crippen molar-refractivity contribution in [2.24, 2.45) is 0 Å². The van der Waals surface area contributed by atoms with E-state index in [1.54, 1.807) is 12.1 Å². The lowest BCUT2D eigenvalue weighted by molar-refractivity contribution is 0.401. The number of benzene rings is 1. The first kappa shape index (κ1) is 12.0. The van der Waals surface area contributed by atoms with Crippen LogP contribution >= 0.6 is 0 Å². The Morgan fingerprint density at radius 3 is 2.20 bits per heavy atom. The molecule has 0 heterocycles. The summed E-state index contributed by atoms with van der Waals surface area (Å²) in [5, 5.41) is 0. The van der Waals surface area contributed by atoms with Crippen LogP contribution in [0.4, 0.5) is 0 Å². The molecule has 1 rings (SSSR count). The molecule has 0 fully saturated rings. The van der Waals surface area contributed by atoms with Crippen molar-refractivity contribution in [2.75, 3.05) is 7.11 Å². The molecule has 0 unspecified atom stereocenters. The number of rotatable bonds is 2. The second-order valence-electron chi connectivity index (χ2n) is 4.39. The number of hydrogen-bond acceptors (Lipinski definition) is 3. The number of ether oxygens (including phenoxy) is 1. The van der Waals surface area contributed by atoms with E-state index in [9.17, 15) is 8.42 Å². The third-order valence-corrected chi connectivity index (χ3v) is 3.01. The Labute approximate surface area is 92.0 Å². The first-order chi connectivity index (χ1) is 6.86. The standard InChI is InChI=1S/C11H16O3S/c1-11(2,3)8-5-6-10(15(12)13)9(7-8)14-4/h5-7,15H,1-4H3. The van der Waals surface area contributed by atoms with E-state index in [0.29, 0.717) is 5.75 Å². The van der Waals surface area contributed by atoms with Crippen molar-refractivity contribution in [1.82, 2.24) is 0 Å². The van der Waals surface area contributed by atoms with Crippen molar-refractivity contribution in [3.63, 3.8) is 0 Å². The molecule has 1 aromatic rings. The van der Waals surface area contributed by atoms with E-state index in [-0.39, 0.29) is 10.3 Å². The average molecular weight is 228 g/mol. The molecule has 0 spiro atoms. The van der Waals surface area contributed by atoms with Gasteiger partial charge in [-0.05, 0) is 23.1 Å². The minimum absolute atomic E-state index is 0.0136. The first-order valence-electron chi connectivity index (χ1n) is 4.69. The van der Waals surface area contributed by atoms with Crippen LogP contribution in [0, 0.1) is 0 Å². The predicted octanol–water partition coefficient (Wildman–Crippen LogP) is 1.96. The highest BCUT2D eigenvalue weighted by atomic mass is 32.2. The van der Waals surface area contributed by atoms with Crippen LogP contribution in [-0.2, 0) is 16.1 Å². The molecule has 0 aromatic heterocycles. The van der Waals surface area contributed by atoms with Gasteiger partial charge in [-0.25, -0.2) is 8.42 Å². The number of methoxy groups -OCH3 is 1. The normalized spacial score (nSPS) is 11.8. The van der Waals surface area contributed by atoms with Crippen LogP contribution in [0.2, 0.25) is 0 Å². The highest BCUT2D eigenvalue weighted by Crippen LogP contribution is 2.28. The van der Waals surface area contributed by atoms with Gasteiger partial charge in [0, 0.05) is 0 Å². The lowest BCUT2D eigenvalue weighted by Crippen LogP contribution is -2.11. The molecule has 0 aliphatic carbocycles. The lowest BCUT2D eigenvalue weighted by Gasteiger charge is -2.20. The monoisotopic (exact) mass is 228 g/mol. The highest BCUT2D eigenvalue weighted by molar-refractivity contribution is 7.72. The molecule has 0 amide bonds. The van der Waals surface area contributed by atoms with Crippen LogP contribution in [0.1, 0.15) is 26.3 Å². The molecule has 1 aromatic carbocycles. The van der Waals surface area contributed by atoms with Crippen LogP contribution in [0.25, 0.3) is 0 Å². The van der Waals surface area contributed by atoms with Gasteiger partial charge in [-0.3, -0.25) is 0 Å². The van der Waals surface area contributed by atoms with E-state index < -0.39 is 10.7 Å². The fourth-order valence-corrected chi connectivity index (χ4v) is 1.83. The van der Waals surface area contributed by atoms with Crippen molar-refractivity contribution < 1.29 is 13.2 Å². The molecule has 4 heteroatoms. The van der Waals surface area contributed by atoms with Gasteiger partial charge in [-0.2, -0.15) is 0 Å². The largest absolute Gasteiger partial charge is 0.495 e. The Kier molecular flexibility index (Phi) is 3.39. The van der Waals surface area contributed by atoms with Gasteiger partial charge in [0.15, 0.2) is 10.7 Å². The van der Waals surface area contributed by atoms with Crippen LogP contribution in [0.15, 0.2) is 23.1 Å². The molecular formula is C11H16O3S. The van der Waals surface area contributed by atoms with Gasteiger partial charge >= 0.3 is 0 Å². The second-order valence-corrected chi connectivity index (χ2v) is 5.39. The van der Waals surface area contributed by atoms with Gasteiger partial charge in [0.2, 0.25) is 0 Å². The summed E-state index contributed by atoms with van der Waals surface area (Å²) in [4.78, 5) is 0.237. The molecule has 84 valence electrons. The SMILES string of the molecule is COc1cc(C(C)(C)C)ccc1[SH](=O)=O. The molecule has 0 saturated carbocycles. The van der Waals surface area contributed by atoms with E-state index >= 15 is 0 Å². The van der Waals surface area contributed by atoms with Gasteiger partial charge in [0.1, 0.15) is 10.6 Å². The molecule has 15 heavy (non-hydrogen) atoms. The Morgan fingerprint density at radius 1 is 1.20 bits per heavy atom. The van der Waals surface area contributed by atoms with Crippen molar-refractivity contribution in [2.45, 2.75) is 31.1 Å². The average Bonchev–Trinajstić information content (AvgIpc) is 2.15. The van der Waals surface area contributed by atoms with E-state index in [1.807, 2.05) is 6.07 Å². The van der Waals surface area contributed by atoms with Gasteiger partial charge in [0.05, 0.1) is 7.11 Å². The molecule has 0 atom stereocenters. The van der Waals surface area contributed by atoms with Gasteiger partial charge in [0.25, 0.3) is 0 Å². The predicted molar refractivity (Wildman–Crippen MR) is 60.3 cm³/mol. The molecule has 0 radical (unpaired) electrons. The zero-order valence-electron chi connectivity index (χ0n) is 9.40. The van der Waals surface area contributed by atoms with Crippen molar-refractivity contribution in [3.05, 3.63) is 23.8 Å². The fourth-order valence-electron chi connectivity index (χ4n) is 1.29. The summed E-state index contributed by atoms with van der Waals surface area (Å²) in [5.41, 5.74) is 1.04. The van der Waals surface area contributed by atoms with E-state index in [0.717, 1.165) is 5.56 Å². The quantitative estimate of drug-likeness (QED) is 0.787. The Hall–Kier alpha value is -1.03. The molecule has 0 aliphatic rings. The maximum Gasteiger partial charge on any atom is 0.171 e. The summed E-state index contributed by atoms with van der Waals surface area (Å²) in [5.74, 6) is 0.415. The molecule has 0 N–H and O–H groups in total. The van der Waals surface area contributed by atoms with Crippen LogP contribution in [0.5, 0.6) is 5.75 Å². The maximum absolute atomic E-state index is 10.9. The zero-order valence-corrected chi connectivity index (χ0v) is 10.3. The first-order valence-corrected chi connectivity index (χ1v) is 5.87. The maximum atomic E-state index is 10.9. The fraction of sp³-hybridized carbons (Fsp3) is 0.455. The summed E-state index contributed by atoms with van der Waals surface area (Å²) in [6, 6.07) is 5.19. The third kappa shape index (κ3) is 2.72. The summed E-state index contributed by atoms with van der Waals surface area (Å²) >= 11 is 0. The van der Waals surface area contributed by atoms with Gasteiger partial charge in [-0.1, -0.05) is 26.8 Å². The second kappa shape index (κ2) is 4.23. The Morgan fingerprint density at radius 2 is 1.80 bits per heavy atom. The smallest absolute Gasteiger partial charge is 0.171 e. The summed E-state index contributed by atoms with van der Waals surface area (Å²) in [6.45, 7) is 6.20. The number of thiol groups is 1. The van der Waals surface area contributed by atoms with Gasteiger partial charge < -0.3 is 4.74 Å². The number of hydrogen-bond donors (Lipinski definition) is 1. The molecule has 0 bridgehead atoms. The highest BCUT2D eigenvalue weighted by Gasteiger charge is 2.16. The lowest BCUT2D eigenvalue weighted by atomic mass is 9.87. The molecular weight excluding hydrogens is 212 g/mol. The van der Waals surface area contributed by atoms with Gasteiger partial charge in [-0.15, -0.1) is 0 Å². The van der Waals surface area contributed by atoms with Crippen LogP contribution < -0.4 is 4.74 Å². The third-order valence-electron chi connectivity index (χ3n) is 2.24. The van der Waals surface area contributed by atoms with E-state index in [4.69, 9.17) is 4.74 Å². The molecule has 0 saturated heterocycles. The van der Waals surface area contributed by atoms with E-state index in [1.165, 1.54) is 7.11 Å². The minimum atomic E-state index is -2.60.